The zero-order valence-electron chi connectivity index (χ0n) is 9.12. The van der Waals surface area contributed by atoms with Crippen LogP contribution in [0.3, 0.4) is 0 Å². The molecule has 2 aromatic rings. The van der Waals surface area contributed by atoms with Crippen molar-refractivity contribution in [2.75, 3.05) is 0 Å². The third-order valence-corrected chi connectivity index (χ3v) is 2.79. The molecule has 0 saturated carbocycles. The Labute approximate surface area is 92.1 Å². The number of fused-ring (bicyclic) bond motifs is 1. The highest BCUT2D eigenvalue weighted by Crippen LogP contribution is 2.24. The summed E-state index contributed by atoms with van der Waals surface area (Å²) in [6.07, 6.45) is 0. The highest BCUT2D eigenvalue weighted by molar-refractivity contribution is 5.86. The summed E-state index contributed by atoms with van der Waals surface area (Å²) in [5, 5.41) is 9.57. The summed E-state index contributed by atoms with van der Waals surface area (Å²) in [6, 6.07) is 4.81. The van der Waals surface area contributed by atoms with Gasteiger partial charge in [0.1, 0.15) is 12.4 Å². The highest BCUT2D eigenvalue weighted by atomic mass is 19.1. The predicted octanol–water partition coefficient (Wildman–Crippen LogP) is 2.48. The Morgan fingerprint density at radius 1 is 1.44 bits per heavy atom. The number of nitrogens with zero attached hydrogens (tertiary/aromatic N) is 1. The number of halogens is 1. The molecule has 0 aliphatic rings. The first-order chi connectivity index (χ1) is 7.50. The second-order valence-electron chi connectivity index (χ2n) is 3.87. The number of carboxylic acids is 1. The maximum absolute atomic E-state index is 13.3. The van der Waals surface area contributed by atoms with Crippen molar-refractivity contribution in [2.24, 2.45) is 0 Å². The van der Waals surface area contributed by atoms with Gasteiger partial charge in [0, 0.05) is 16.6 Å². The Bertz CT molecular complexity index is 572. The lowest BCUT2D eigenvalue weighted by Crippen LogP contribution is -2.09. The third-order valence-electron chi connectivity index (χ3n) is 2.79. The molecule has 0 radical (unpaired) electrons. The van der Waals surface area contributed by atoms with E-state index < -0.39 is 5.97 Å². The van der Waals surface area contributed by atoms with Crippen molar-refractivity contribution in [2.45, 2.75) is 20.4 Å². The fraction of sp³-hybridized carbons (Fsp3) is 0.250. The number of aryl methyl sites for hydroxylation is 2. The average Bonchev–Trinajstić information content (AvgIpc) is 2.51. The predicted molar refractivity (Wildman–Crippen MR) is 59.0 cm³/mol. The van der Waals surface area contributed by atoms with Gasteiger partial charge in [0.25, 0.3) is 0 Å². The number of rotatable bonds is 2. The molecule has 0 saturated heterocycles. The summed E-state index contributed by atoms with van der Waals surface area (Å²) in [7, 11) is 0. The fourth-order valence-electron chi connectivity index (χ4n) is 1.93. The summed E-state index contributed by atoms with van der Waals surface area (Å²) < 4.78 is 15.0. The third kappa shape index (κ3) is 1.56. The van der Waals surface area contributed by atoms with Gasteiger partial charge in [-0.05, 0) is 37.6 Å². The van der Waals surface area contributed by atoms with Gasteiger partial charge >= 0.3 is 5.97 Å². The van der Waals surface area contributed by atoms with Crippen molar-refractivity contribution in [3.05, 3.63) is 35.3 Å². The number of hydrogen-bond acceptors (Lipinski definition) is 1. The van der Waals surface area contributed by atoms with E-state index in [9.17, 15) is 9.18 Å². The van der Waals surface area contributed by atoms with Gasteiger partial charge in [0.05, 0.1) is 0 Å². The van der Waals surface area contributed by atoms with Gasteiger partial charge in [-0.2, -0.15) is 0 Å². The first-order valence-corrected chi connectivity index (χ1v) is 4.97. The van der Waals surface area contributed by atoms with E-state index in [0.29, 0.717) is 5.56 Å². The van der Waals surface area contributed by atoms with Crippen LogP contribution in [0.2, 0.25) is 0 Å². The molecule has 2 rings (SSSR count). The molecule has 0 unspecified atom stereocenters. The van der Waals surface area contributed by atoms with E-state index in [1.165, 1.54) is 6.07 Å². The van der Waals surface area contributed by atoms with Gasteiger partial charge in [-0.3, -0.25) is 4.79 Å². The lowest BCUT2D eigenvalue weighted by atomic mass is 10.1. The molecule has 0 aliphatic carbocycles. The van der Waals surface area contributed by atoms with Gasteiger partial charge in [-0.15, -0.1) is 0 Å². The minimum Gasteiger partial charge on any atom is -0.480 e. The molecule has 0 bridgehead atoms. The first-order valence-electron chi connectivity index (χ1n) is 4.97. The van der Waals surface area contributed by atoms with Crippen molar-refractivity contribution < 1.29 is 14.3 Å². The number of hydrogen-bond donors (Lipinski definition) is 1. The molecule has 1 N–H and O–H groups in total. The van der Waals surface area contributed by atoms with Crippen molar-refractivity contribution >= 4 is 16.9 Å². The van der Waals surface area contributed by atoms with E-state index in [-0.39, 0.29) is 12.4 Å². The molecule has 0 fully saturated rings. The minimum absolute atomic E-state index is 0.0968. The van der Waals surface area contributed by atoms with Crippen LogP contribution in [0.25, 0.3) is 10.9 Å². The van der Waals surface area contributed by atoms with Crippen molar-refractivity contribution in [3.63, 3.8) is 0 Å². The van der Waals surface area contributed by atoms with Crippen molar-refractivity contribution in [1.82, 2.24) is 4.57 Å². The number of aromatic nitrogens is 1. The SMILES string of the molecule is Cc1c(F)ccc2c1cc(C)n2CC(=O)O. The molecule has 0 atom stereocenters. The zero-order valence-corrected chi connectivity index (χ0v) is 9.12. The Kier molecular flexibility index (Phi) is 2.42. The van der Waals surface area contributed by atoms with E-state index >= 15 is 0 Å². The highest BCUT2D eigenvalue weighted by Gasteiger charge is 2.11. The van der Waals surface area contributed by atoms with E-state index in [2.05, 4.69) is 0 Å². The second kappa shape index (κ2) is 3.63. The number of aliphatic carboxylic acids is 1. The van der Waals surface area contributed by atoms with Crippen LogP contribution in [-0.4, -0.2) is 15.6 Å². The molecule has 0 amide bonds. The van der Waals surface area contributed by atoms with Crippen molar-refractivity contribution in [1.29, 1.82) is 0 Å². The lowest BCUT2D eigenvalue weighted by molar-refractivity contribution is -0.137. The van der Waals surface area contributed by atoms with E-state index in [1.54, 1.807) is 17.6 Å². The van der Waals surface area contributed by atoms with Crippen molar-refractivity contribution in [3.8, 4) is 0 Å². The molecule has 0 aliphatic heterocycles. The summed E-state index contributed by atoms with van der Waals surface area (Å²) in [5.74, 6) is -1.16. The van der Waals surface area contributed by atoms with Crippen LogP contribution in [0.15, 0.2) is 18.2 Å². The number of carboxylic acid groups (broad SMARTS) is 1. The average molecular weight is 221 g/mol. The maximum atomic E-state index is 13.3. The van der Waals surface area contributed by atoms with Gasteiger partial charge in [-0.1, -0.05) is 0 Å². The van der Waals surface area contributed by atoms with Crippen LogP contribution >= 0.6 is 0 Å². The largest absolute Gasteiger partial charge is 0.480 e. The molecule has 1 aromatic carbocycles. The quantitative estimate of drug-likeness (QED) is 0.846. The molecular formula is C12H12FNO2. The normalized spacial score (nSPS) is 10.9. The molecule has 1 heterocycles. The van der Waals surface area contributed by atoms with E-state index in [1.807, 2.05) is 13.0 Å². The van der Waals surface area contributed by atoms with Gasteiger partial charge in [0.15, 0.2) is 0 Å². The van der Waals surface area contributed by atoms with E-state index in [0.717, 1.165) is 16.6 Å². The van der Waals surface area contributed by atoms with Crippen LogP contribution in [0, 0.1) is 19.7 Å². The fourth-order valence-corrected chi connectivity index (χ4v) is 1.93. The molecular weight excluding hydrogens is 209 g/mol. The van der Waals surface area contributed by atoms with Gasteiger partial charge in [-0.25, -0.2) is 4.39 Å². The molecule has 1 aromatic heterocycles. The summed E-state index contributed by atoms with van der Waals surface area (Å²) in [6.45, 7) is 3.42. The van der Waals surface area contributed by atoms with Crippen LogP contribution < -0.4 is 0 Å². The topological polar surface area (TPSA) is 42.2 Å². The molecule has 16 heavy (non-hydrogen) atoms. The summed E-state index contributed by atoms with van der Waals surface area (Å²) >= 11 is 0. The van der Waals surface area contributed by atoms with Gasteiger partial charge < -0.3 is 9.67 Å². The Morgan fingerprint density at radius 2 is 2.12 bits per heavy atom. The first kappa shape index (κ1) is 10.7. The molecule has 84 valence electrons. The standard InChI is InChI=1S/C12H12FNO2/c1-7-5-9-8(2)10(13)3-4-11(9)14(7)6-12(15)16/h3-5H,6H2,1-2H3,(H,15,16). The van der Waals surface area contributed by atoms with Crippen LogP contribution in [0.4, 0.5) is 4.39 Å². The molecule has 3 nitrogen and oxygen atoms in total. The second-order valence-corrected chi connectivity index (χ2v) is 3.87. The minimum atomic E-state index is -0.900. The number of carbonyl (C=O) groups is 1. The lowest BCUT2D eigenvalue weighted by Gasteiger charge is -2.05. The Hall–Kier alpha value is -1.84. The smallest absolute Gasteiger partial charge is 0.323 e. The molecule has 4 heteroatoms. The monoisotopic (exact) mass is 221 g/mol. The Morgan fingerprint density at radius 3 is 2.75 bits per heavy atom. The number of benzene rings is 1. The van der Waals surface area contributed by atoms with Crippen LogP contribution in [-0.2, 0) is 11.3 Å². The Balaban J connectivity index is 2.71. The molecule has 0 spiro atoms. The van der Waals surface area contributed by atoms with Crippen LogP contribution in [0.5, 0.6) is 0 Å². The van der Waals surface area contributed by atoms with Gasteiger partial charge in [0.2, 0.25) is 0 Å². The maximum Gasteiger partial charge on any atom is 0.323 e. The summed E-state index contributed by atoms with van der Waals surface area (Å²) in [4.78, 5) is 10.7. The summed E-state index contributed by atoms with van der Waals surface area (Å²) in [5.41, 5.74) is 2.15. The zero-order chi connectivity index (χ0) is 11.9. The van der Waals surface area contributed by atoms with E-state index in [4.69, 9.17) is 5.11 Å². The van der Waals surface area contributed by atoms with Crippen LogP contribution in [0.1, 0.15) is 11.3 Å².